The first-order chi connectivity index (χ1) is 13.6. The second kappa shape index (κ2) is 6.44. The largest absolute Gasteiger partial charge is 0.348 e. The summed E-state index contributed by atoms with van der Waals surface area (Å²) in [5.74, 6) is -0.191. The van der Waals surface area contributed by atoms with Gasteiger partial charge in [-0.15, -0.1) is 0 Å². The predicted molar refractivity (Wildman–Crippen MR) is 102 cm³/mol. The van der Waals surface area contributed by atoms with E-state index in [1.165, 1.54) is 0 Å². The van der Waals surface area contributed by atoms with E-state index in [-0.39, 0.29) is 11.8 Å². The van der Waals surface area contributed by atoms with E-state index in [2.05, 4.69) is 10.4 Å². The summed E-state index contributed by atoms with van der Waals surface area (Å²) in [6.07, 6.45) is 1.51. The summed E-state index contributed by atoms with van der Waals surface area (Å²) < 4.78 is 15.1. The number of carbonyl (C=O) groups is 2. The van der Waals surface area contributed by atoms with E-state index in [1.54, 1.807) is 15.6 Å². The van der Waals surface area contributed by atoms with Crippen LogP contribution >= 0.6 is 0 Å². The van der Waals surface area contributed by atoms with Crippen LogP contribution in [0.25, 0.3) is 16.8 Å². The molecule has 4 heterocycles. The zero-order valence-electron chi connectivity index (χ0n) is 15.2. The number of amides is 2. The Labute approximate surface area is 161 Å². The molecule has 1 saturated heterocycles. The fourth-order valence-electron chi connectivity index (χ4n) is 3.99. The van der Waals surface area contributed by atoms with E-state index in [9.17, 15) is 14.0 Å². The molecule has 7 heteroatoms. The first-order valence-corrected chi connectivity index (χ1v) is 9.43. The quantitative estimate of drug-likeness (QED) is 0.746. The van der Waals surface area contributed by atoms with E-state index in [0.717, 1.165) is 16.8 Å². The van der Waals surface area contributed by atoms with E-state index < -0.39 is 6.17 Å². The van der Waals surface area contributed by atoms with Gasteiger partial charge in [-0.05, 0) is 36.6 Å². The van der Waals surface area contributed by atoms with E-state index in [0.29, 0.717) is 49.1 Å². The van der Waals surface area contributed by atoms with Gasteiger partial charge in [-0.25, -0.2) is 8.91 Å². The second-order valence-corrected chi connectivity index (χ2v) is 7.29. The number of nitrogens with one attached hydrogen (secondary N) is 1. The topological polar surface area (TPSA) is 66.7 Å². The van der Waals surface area contributed by atoms with Crippen LogP contribution in [-0.2, 0) is 6.54 Å². The minimum atomic E-state index is -0.823. The van der Waals surface area contributed by atoms with Gasteiger partial charge in [0.15, 0.2) is 0 Å². The molecule has 28 heavy (non-hydrogen) atoms. The maximum absolute atomic E-state index is 13.4. The molecule has 0 unspecified atom stereocenters. The van der Waals surface area contributed by atoms with Gasteiger partial charge < -0.3 is 10.2 Å². The number of pyridine rings is 1. The predicted octanol–water partition coefficient (Wildman–Crippen LogP) is 2.82. The third-order valence-electron chi connectivity index (χ3n) is 5.57. The number of likely N-dealkylation sites (tertiary alicyclic amines) is 1. The second-order valence-electron chi connectivity index (χ2n) is 7.29. The summed E-state index contributed by atoms with van der Waals surface area (Å²) in [5, 5.41) is 7.25. The molecule has 2 aliphatic heterocycles. The molecule has 2 amide bonds. The van der Waals surface area contributed by atoms with Crippen molar-refractivity contribution in [2.24, 2.45) is 0 Å². The van der Waals surface area contributed by atoms with Crippen LogP contribution in [0.1, 0.15) is 39.1 Å². The number of halogens is 1. The number of aromatic nitrogens is 2. The van der Waals surface area contributed by atoms with E-state index >= 15 is 0 Å². The average Bonchev–Trinajstić information content (AvgIpc) is 3.31. The van der Waals surface area contributed by atoms with Crippen molar-refractivity contribution in [2.45, 2.75) is 25.6 Å². The van der Waals surface area contributed by atoms with Gasteiger partial charge in [-0.1, -0.05) is 18.2 Å². The molecule has 142 valence electrons. The summed E-state index contributed by atoms with van der Waals surface area (Å²) >= 11 is 0. The van der Waals surface area contributed by atoms with Crippen LogP contribution in [-0.4, -0.2) is 45.6 Å². The van der Waals surface area contributed by atoms with Crippen LogP contribution in [0, 0.1) is 0 Å². The molecule has 0 atom stereocenters. The summed E-state index contributed by atoms with van der Waals surface area (Å²) in [6.45, 7) is 1.41. The van der Waals surface area contributed by atoms with Crippen LogP contribution in [0.5, 0.6) is 0 Å². The van der Waals surface area contributed by atoms with Gasteiger partial charge in [0, 0.05) is 30.8 Å². The fourth-order valence-corrected chi connectivity index (χ4v) is 3.99. The van der Waals surface area contributed by atoms with E-state index in [1.807, 2.05) is 36.4 Å². The lowest BCUT2D eigenvalue weighted by Crippen LogP contribution is -2.39. The van der Waals surface area contributed by atoms with Gasteiger partial charge >= 0.3 is 0 Å². The summed E-state index contributed by atoms with van der Waals surface area (Å²) in [4.78, 5) is 26.6. The van der Waals surface area contributed by atoms with Gasteiger partial charge in [0.25, 0.3) is 11.8 Å². The van der Waals surface area contributed by atoms with Gasteiger partial charge in [-0.2, -0.15) is 5.10 Å². The average molecular weight is 378 g/mol. The fraction of sp³-hybridized carbons (Fsp3) is 0.286. The number of fused-ring (bicyclic) bond motifs is 2. The molecule has 6 nitrogen and oxygen atoms in total. The van der Waals surface area contributed by atoms with Crippen LogP contribution in [0.15, 0.2) is 42.6 Å². The summed E-state index contributed by atoms with van der Waals surface area (Å²) in [6, 6.07) is 11.4. The molecule has 0 radical (unpaired) electrons. The molecule has 3 aromatic rings. The Morgan fingerprint density at radius 1 is 1.18 bits per heavy atom. The number of hydrogen-bond donors (Lipinski definition) is 1. The normalized spacial score (nSPS) is 17.0. The Bertz CT molecular complexity index is 1100. The molecule has 0 spiro atoms. The number of piperidine rings is 1. The number of nitrogens with zero attached hydrogens (tertiary/aromatic N) is 3. The highest BCUT2D eigenvalue weighted by molar-refractivity contribution is 6.01. The number of rotatable bonds is 2. The lowest BCUT2D eigenvalue weighted by atomic mass is 10.0. The van der Waals surface area contributed by atoms with Crippen molar-refractivity contribution < 1.29 is 14.0 Å². The highest BCUT2D eigenvalue weighted by Crippen LogP contribution is 2.27. The highest BCUT2D eigenvalue weighted by Gasteiger charge is 2.26. The molecule has 2 aliphatic rings. The molecule has 1 aromatic carbocycles. The number of alkyl halides is 1. The van der Waals surface area contributed by atoms with Crippen molar-refractivity contribution in [2.75, 3.05) is 13.1 Å². The Hall–Kier alpha value is -3.22. The Morgan fingerprint density at radius 3 is 2.82 bits per heavy atom. The molecule has 2 aromatic heterocycles. The van der Waals surface area contributed by atoms with E-state index in [4.69, 9.17) is 0 Å². The van der Waals surface area contributed by atoms with Crippen LogP contribution in [0.2, 0.25) is 0 Å². The molecule has 0 aliphatic carbocycles. The third kappa shape index (κ3) is 2.66. The van der Waals surface area contributed by atoms with Crippen molar-refractivity contribution >= 4 is 17.3 Å². The molecule has 5 rings (SSSR count). The molecule has 0 bridgehead atoms. The van der Waals surface area contributed by atoms with Crippen molar-refractivity contribution in [1.82, 2.24) is 19.8 Å². The Kier molecular flexibility index (Phi) is 3.89. The Balaban J connectivity index is 1.54. The third-order valence-corrected chi connectivity index (χ3v) is 5.57. The van der Waals surface area contributed by atoms with Crippen LogP contribution in [0.3, 0.4) is 0 Å². The molecule has 1 fully saturated rings. The molecule has 1 N–H and O–H groups in total. The molecule has 0 saturated carbocycles. The molecular weight excluding hydrogens is 359 g/mol. The Morgan fingerprint density at radius 2 is 2.00 bits per heavy atom. The smallest absolute Gasteiger partial charge is 0.257 e. The van der Waals surface area contributed by atoms with Crippen molar-refractivity contribution in [3.05, 3.63) is 59.3 Å². The van der Waals surface area contributed by atoms with Gasteiger partial charge in [-0.3, -0.25) is 9.59 Å². The number of benzene rings is 1. The number of hydrogen-bond acceptors (Lipinski definition) is 3. The monoisotopic (exact) mass is 378 g/mol. The SMILES string of the molecule is O=C1NCc2ccc(-c3cccc4c(C(=O)N5CCC(F)CC5)cnn34)cc21. The lowest BCUT2D eigenvalue weighted by molar-refractivity contribution is 0.0668. The minimum absolute atomic E-state index is 0.0726. The summed E-state index contributed by atoms with van der Waals surface area (Å²) in [7, 11) is 0. The van der Waals surface area contributed by atoms with Gasteiger partial charge in [0.05, 0.1) is 23.0 Å². The van der Waals surface area contributed by atoms with Crippen LogP contribution in [0.4, 0.5) is 4.39 Å². The lowest BCUT2D eigenvalue weighted by Gasteiger charge is -2.28. The highest BCUT2D eigenvalue weighted by atomic mass is 19.1. The zero-order chi connectivity index (χ0) is 19.3. The van der Waals surface area contributed by atoms with Gasteiger partial charge in [0.2, 0.25) is 0 Å². The van der Waals surface area contributed by atoms with Crippen molar-refractivity contribution in [1.29, 1.82) is 0 Å². The molecular formula is C21H19FN4O2. The summed E-state index contributed by atoms with van der Waals surface area (Å²) in [5.41, 5.74) is 4.54. The van der Waals surface area contributed by atoms with Gasteiger partial charge in [0.1, 0.15) is 6.17 Å². The number of carbonyl (C=O) groups excluding carboxylic acids is 2. The minimum Gasteiger partial charge on any atom is -0.348 e. The first kappa shape index (κ1) is 16.9. The first-order valence-electron chi connectivity index (χ1n) is 9.43. The maximum Gasteiger partial charge on any atom is 0.257 e. The standard InChI is InChI=1S/C21H19FN4O2/c22-15-6-8-25(9-7-15)21(28)17-12-24-26-18(2-1-3-19(17)26)13-4-5-14-11-23-20(27)16(14)10-13/h1-5,10,12,15H,6-9,11H2,(H,23,27). The maximum atomic E-state index is 13.4. The van der Waals surface area contributed by atoms with Crippen molar-refractivity contribution in [3.63, 3.8) is 0 Å². The van der Waals surface area contributed by atoms with Crippen molar-refractivity contribution in [3.8, 4) is 11.3 Å². The zero-order valence-corrected chi connectivity index (χ0v) is 15.2. The van der Waals surface area contributed by atoms with Crippen LogP contribution < -0.4 is 5.32 Å².